The zero-order valence-electron chi connectivity index (χ0n) is 8.91. The van der Waals surface area contributed by atoms with Crippen LogP contribution in [0, 0.1) is 6.92 Å². The lowest BCUT2D eigenvalue weighted by atomic mass is 9.97. The van der Waals surface area contributed by atoms with Gasteiger partial charge >= 0.3 is 12.4 Å². The number of hydrogen-bond acceptors (Lipinski definition) is 1. The number of carbonyl (C=O) groups excluding carboxylic acids is 1. The van der Waals surface area contributed by atoms with Crippen molar-refractivity contribution in [2.24, 2.45) is 5.73 Å². The molecule has 0 spiro atoms. The second kappa shape index (κ2) is 4.18. The lowest BCUT2D eigenvalue weighted by molar-refractivity contribution is -0.143. The molecule has 2 N–H and O–H groups in total. The molecule has 0 unspecified atom stereocenters. The molecule has 0 bridgehead atoms. The van der Waals surface area contributed by atoms with Crippen LogP contribution in [0.1, 0.15) is 27.0 Å². The van der Waals surface area contributed by atoms with E-state index in [9.17, 15) is 31.1 Å². The molecule has 1 rings (SSSR count). The van der Waals surface area contributed by atoms with E-state index in [-0.39, 0.29) is 6.07 Å². The summed E-state index contributed by atoms with van der Waals surface area (Å²) in [6, 6.07) is 0.336. The minimum atomic E-state index is -5.09. The van der Waals surface area contributed by atoms with E-state index in [1.54, 1.807) is 0 Å². The van der Waals surface area contributed by atoms with Gasteiger partial charge in [-0.1, -0.05) is 0 Å². The molecular weight excluding hydrogens is 264 g/mol. The molecule has 2 nitrogen and oxygen atoms in total. The second-order valence-electron chi connectivity index (χ2n) is 3.58. The standard InChI is InChI=1S/C10H7F6NO/c1-4-2-5(9(11,12)13)3-6(10(14,15)16)7(4)8(17)18/h2-3H,1H3,(H2,17,18). The number of primary amides is 1. The topological polar surface area (TPSA) is 43.1 Å². The van der Waals surface area contributed by atoms with E-state index >= 15 is 0 Å². The highest BCUT2D eigenvalue weighted by Gasteiger charge is 2.40. The van der Waals surface area contributed by atoms with Gasteiger partial charge in [0.2, 0.25) is 5.91 Å². The highest BCUT2D eigenvalue weighted by molar-refractivity contribution is 5.96. The van der Waals surface area contributed by atoms with Crippen LogP contribution >= 0.6 is 0 Å². The van der Waals surface area contributed by atoms with Crippen molar-refractivity contribution in [3.63, 3.8) is 0 Å². The third-order valence-corrected chi connectivity index (χ3v) is 2.21. The number of aryl methyl sites for hydroxylation is 1. The van der Waals surface area contributed by atoms with Crippen molar-refractivity contribution in [3.05, 3.63) is 34.4 Å². The second-order valence-corrected chi connectivity index (χ2v) is 3.58. The van der Waals surface area contributed by atoms with Gasteiger partial charge in [0.05, 0.1) is 16.7 Å². The normalized spacial score (nSPS) is 12.6. The van der Waals surface area contributed by atoms with Crippen molar-refractivity contribution in [2.75, 3.05) is 0 Å². The van der Waals surface area contributed by atoms with E-state index in [2.05, 4.69) is 0 Å². The van der Waals surface area contributed by atoms with Gasteiger partial charge in [0.15, 0.2) is 0 Å². The van der Waals surface area contributed by atoms with Gasteiger partial charge in [0.1, 0.15) is 0 Å². The van der Waals surface area contributed by atoms with E-state index in [4.69, 9.17) is 5.73 Å². The molecule has 0 aliphatic rings. The van der Waals surface area contributed by atoms with Crippen LogP contribution in [-0.4, -0.2) is 5.91 Å². The Bertz CT molecular complexity index is 488. The van der Waals surface area contributed by atoms with Gasteiger partial charge in [0.25, 0.3) is 0 Å². The molecule has 0 saturated carbocycles. The molecular formula is C10H7F6NO. The monoisotopic (exact) mass is 271 g/mol. The third-order valence-electron chi connectivity index (χ3n) is 2.21. The van der Waals surface area contributed by atoms with Crippen molar-refractivity contribution in [1.29, 1.82) is 0 Å². The van der Waals surface area contributed by atoms with E-state index in [1.165, 1.54) is 0 Å². The quantitative estimate of drug-likeness (QED) is 0.783. The van der Waals surface area contributed by atoms with Crippen LogP contribution in [0.3, 0.4) is 0 Å². The number of alkyl halides is 6. The molecule has 18 heavy (non-hydrogen) atoms. The number of hydrogen-bond donors (Lipinski definition) is 1. The SMILES string of the molecule is Cc1cc(C(F)(F)F)cc(C(F)(F)F)c1C(N)=O. The lowest BCUT2D eigenvalue weighted by Crippen LogP contribution is -2.22. The Kier molecular flexibility index (Phi) is 3.33. The third kappa shape index (κ3) is 2.74. The van der Waals surface area contributed by atoms with E-state index < -0.39 is 40.5 Å². The summed E-state index contributed by atoms with van der Waals surface area (Å²) in [7, 11) is 0. The molecule has 1 amide bonds. The van der Waals surface area contributed by atoms with Crippen LogP contribution in [0.25, 0.3) is 0 Å². The molecule has 8 heteroatoms. The summed E-state index contributed by atoms with van der Waals surface area (Å²) >= 11 is 0. The van der Waals surface area contributed by atoms with Crippen LogP contribution in [0.15, 0.2) is 12.1 Å². The lowest BCUT2D eigenvalue weighted by Gasteiger charge is -2.16. The molecule has 0 radical (unpaired) electrons. The van der Waals surface area contributed by atoms with Crippen LogP contribution in [0.4, 0.5) is 26.3 Å². The zero-order valence-corrected chi connectivity index (χ0v) is 8.91. The number of nitrogens with two attached hydrogens (primary N) is 1. The summed E-state index contributed by atoms with van der Waals surface area (Å²) in [4.78, 5) is 10.9. The molecule has 0 heterocycles. The summed E-state index contributed by atoms with van der Waals surface area (Å²) in [6.07, 6.45) is -10.0. The first-order valence-electron chi connectivity index (χ1n) is 4.53. The Morgan fingerprint density at radius 2 is 1.56 bits per heavy atom. The minimum Gasteiger partial charge on any atom is -0.366 e. The molecule has 100 valence electrons. The highest BCUT2D eigenvalue weighted by atomic mass is 19.4. The summed E-state index contributed by atoms with van der Waals surface area (Å²) in [5.41, 5.74) is 0.181. The number of benzene rings is 1. The van der Waals surface area contributed by atoms with Gasteiger partial charge in [-0.15, -0.1) is 0 Å². The molecule has 0 aliphatic carbocycles. The minimum absolute atomic E-state index is 0.118. The Labute approximate surface area is 97.4 Å². The fraction of sp³-hybridized carbons (Fsp3) is 0.300. The molecule has 1 aromatic carbocycles. The van der Waals surface area contributed by atoms with Crippen LogP contribution < -0.4 is 5.73 Å². The average molecular weight is 271 g/mol. The predicted octanol–water partition coefficient (Wildman–Crippen LogP) is 3.13. The molecule has 1 aromatic rings. The largest absolute Gasteiger partial charge is 0.417 e. The first-order valence-corrected chi connectivity index (χ1v) is 4.53. The zero-order chi connectivity index (χ0) is 14.3. The van der Waals surface area contributed by atoms with E-state index in [1.807, 2.05) is 0 Å². The van der Waals surface area contributed by atoms with Crippen molar-refractivity contribution < 1.29 is 31.1 Å². The molecule has 0 saturated heterocycles. The van der Waals surface area contributed by atoms with Gasteiger partial charge in [-0.05, 0) is 24.6 Å². The average Bonchev–Trinajstić information content (AvgIpc) is 2.12. The van der Waals surface area contributed by atoms with Gasteiger partial charge in [0, 0.05) is 0 Å². The van der Waals surface area contributed by atoms with Gasteiger partial charge < -0.3 is 5.73 Å². The van der Waals surface area contributed by atoms with Crippen molar-refractivity contribution in [2.45, 2.75) is 19.3 Å². The van der Waals surface area contributed by atoms with E-state index in [0.29, 0.717) is 6.07 Å². The van der Waals surface area contributed by atoms with Crippen LogP contribution in [0.5, 0.6) is 0 Å². The van der Waals surface area contributed by atoms with Crippen molar-refractivity contribution in [3.8, 4) is 0 Å². The molecule has 0 aliphatic heterocycles. The Balaban J connectivity index is 3.64. The number of amides is 1. The number of carbonyl (C=O) groups is 1. The van der Waals surface area contributed by atoms with Gasteiger partial charge in [-0.2, -0.15) is 26.3 Å². The van der Waals surface area contributed by atoms with Crippen LogP contribution in [0.2, 0.25) is 0 Å². The maximum Gasteiger partial charge on any atom is 0.417 e. The summed E-state index contributed by atoms with van der Waals surface area (Å²) in [5.74, 6) is -1.42. The van der Waals surface area contributed by atoms with Crippen molar-refractivity contribution >= 4 is 5.91 Å². The smallest absolute Gasteiger partial charge is 0.366 e. The summed E-state index contributed by atoms with van der Waals surface area (Å²) in [6.45, 7) is 0.963. The number of rotatable bonds is 1. The Morgan fingerprint density at radius 1 is 1.06 bits per heavy atom. The van der Waals surface area contributed by atoms with Crippen molar-refractivity contribution in [1.82, 2.24) is 0 Å². The fourth-order valence-corrected chi connectivity index (χ4v) is 1.50. The molecule has 0 fully saturated rings. The van der Waals surface area contributed by atoms with Crippen LogP contribution in [-0.2, 0) is 12.4 Å². The molecule has 0 aromatic heterocycles. The highest BCUT2D eigenvalue weighted by Crippen LogP contribution is 2.38. The Morgan fingerprint density at radius 3 is 1.89 bits per heavy atom. The fourth-order valence-electron chi connectivity index (χ4n) is 1.50. The first kappa shape index (κ1) is 14.3. The van der Waals surface area contributed by atoms with E-state index in [0.717, 1.165) is 6.92 Å². The Hall–Kier alpha value is -1.73. The number of halogens is 6. The van der Waals surface area contributed by atoms with Gasteiger partial charge in [-0.25, -0.2) is 0 Å². The summed E-state index contributed by atoms with van der Waals surface area (Å²) in [5, 5.41) is 0. The maximum absolute atomic E-state index is 12.6. The first-order chi connectivity index (χ1) is 7.94. The summed E-state index contributed by atoms with van der Waals surface area (Å²) < 4.78 is 74.9. The molecule has 0 atom stereocenters. The maximum atomic E-state index is 12.6. The van der Waals surface area contributed by atoms with Gasteiger partial charge in [-0.3, -0.25) is 4.79 Å². The predicted molar refractivity (Wildman–Crippen MR) is 49.7 cm³/mol.